The highest BCUT2D eigenvalue weighted by Gasteiger charge is 2.52. The molecule has 0 saturated heterocycles. The van der Waals surface area contributed by atoms with Crippen molar-refractivity contribution in [3.63, 3.8) is 0 Å². The molecule has 24 heavy (non-hydrogen) atoms. The third kappa shape index (κ3) is 3.97. The standard InChI is InChI=1S/C18H14I2N2O2/c1-10-15(17(23)21-13-6-2-11(19)3-7-13)16(10)18(24)22-14-8-4-12(20)5-9-14/h2-9,15-16H,1H2,(H,21,23)(H,22,24)/t15-,16?/m0/s1. The third-order valence-corrected chi connectivity index (χ3v) is 5.25. The smallest absolute Gasteiger partial charge is 0.232 e. The van der Waals surface area contributed by atoms with Gasteiger partial charge in [-0.3, -0.25) is 9.59 Å². The largest absolute Gasteiger partial charge is 0.326 e. The summed E-state index contributed by atoms with van der Waals surface area (Å²) in [6, 6.07) is 15.0. The lowest BCUT2D eigenvalue weighted by atomic mass is 10.2. The topological polar surface area (TPSA) is 58.2 Å². The quantitative estimate of drug-likeness (QED) is 0.447. The zero-order valence-electron chi connectivity index (χ0n) is 12.6. The SMILES string of the molecule is C=C1C(C(=O)Nc2ccc(I)cc2)[C@H]1C(=O)Nc1ccc(I)cc1. The summed E-state index contributed by atoms with van der Waals surface area (Å²) in [6.45, 7) is 3.86. The van der Waals surface area contributed by atoms with E-state index >= 15 is 0 Å². The molecule has 4 nitrogen and oxygen atoms in total. The van der Waals surface area contributed by atoms with E-state index < -0.39 is 11.8 Å². The molecule has 122 valence electrons. The molecule has 2 aromatic rings. The molecule has 1 unspecified atom stereocenters. The lowest BCUT2D eigenvalue weighted by Gasteiger charge is -2.06. The highest BCUT2D eigenvalue weighted by Crippen LogP contribution is 2.45. The molecule has 0 aliphatic heterocycles. The summed E-state index contributed by atoms with van der Waals surface area (Å²) in [7, 11) is 0. The van der Waals surface area contributed by atoms with Crippen LogP contribution in [0.15, 0.2) is 60.7 Å². The van der Waals surface area contributed by atoms with Crippen molar-refractivity contribution in [2.24, 2.45) is 11.8 Å². The van der Waals surface area contributed by atoms with E-state index in [-0.39, 0.29) is 11.8 Å². The number of carbonyl (C=O) groups is 2. The van der Waals surface area contributed by atoms with Gasteiger partial charge in [-0.2, -0.15) is 0 Å². The Kier molecular flexibility index (Phi) is 5.24. The molecule has 3 rings (SSSR count). The number of hydrogen-bond acceptors (Lipinski definition) is 2. The fourth-order valence-electron chi connectivity index (χ4n) is 2.46. The average molecular weight is 544 g/mol. The molecule has 0 spiro atoms. The van der Waals surface area contributed by atoms with Gasteiger partial charge in [0.25, 0.3) is 0 Å². The first kappa shape index (κ1) is 17.4. The minimum Gasteiger partial charge on any atom is -0.326 e. The van der Waals surface area contributed by atoms with E-state index in [9.17, 15) is 9.59 Å². The van der Waals surface area contributed by atoms with Crippen LogP contribution >= 0.6 is 45.2 Å². The van der Waals surface area contributed by atoms with Crippen molar-refractivity contribution in [3.8, 4) is 0 Å². The van der Waals surface area contributed by atoms with Crippen LogP contribution < -0.4 is 10.6 Å². The summed E-state index contributed by atoms with van der Waals surface area (Å²) >= 11 is 4.41. The van der Waals surface area contributed by atoms with Crippen molar-refractivity contribution in [2.75, 3.05) is 10.6 Å². The number of rotatable bonds is 4. The van der Waals surface area contributed by atoms with E-state index in [0.717, 1.165) is 18.5 Å². The van der Waals surface area contributed by atoms with Crippen LogP contribution in [0.2, 0.25) is 0 Å². The van der Waals surface area contributed by atoms with Gasteiger partial charge in [0.15, 0.2) is 0 Å². The molecule has 6 heteroatoms. The van der Waals surface area contributed by atoms with Gasteiger partial charge >= 0.3 is 0 Å². The van der Waals surface area contributed by atoms with E-state index in [1.54, 1.807) is 0 Å². The summed E-state index contributed by atoms with van der Waals surface area (Å²) in [5.41, 5.74) is 2.09. The molecule has 2 N–H and O–H groups in total. The van der Waals surface area contributed by atoms with Crippen molar-refractivity contribution in [2.45, 2.75) is 0 Å². The van der Waals surface area contributed by atoms with E-state index in [2.05, 4.69) is 62.4 Å². The monoisotopic (exact) mass is 544 g/mol. The first-order valence-electron chi connectivity index (χ1n) is 7.27. The number of amides is 2. The minimum absolute atomic E-state index is 0.191. The summed E-state index contributed by atoms with van der Waals surface area (Å²) < 4.78 is 2.19. The van der Waals surface area contributed by atoms with Crippen LogP contribution in [0, 0.1) is 19.0 Å². The second-order valence-corrected chi connectivity index (χ2v) is 8.01. The molecule has 0 aromatic heterocycles. The van der Waals surface area contributed by atoms with Gasteiger partial charge in [-0.05, 0) is 93.7 Å². The van der Waals surface area contributed by atoms with E-state index in [4.69, 9.17) is 0 Å². The highest BCUT2D eigenvalue weighted by atomic mass is 127. The van der Waals surface area contributed by atoms with Crippen LogP contribution in [0.1, 0.15) is 0 Å². The average Bonchev–Trinajstić information content (AvgIpc) is 3.23. The molecule has 2 aromatic carbocycles. The predicted octanol–water partition coefficient (Wildman–Crippen LogP) is 4.28. The molecule has 0 bridgehead atoms. The maximum atomic E-state index is 12.3. The van der Waals surface area contributed by atoms with Crippen LogP contribution in [-0.2, 0) is 9.59 Å². The van der Waals surface area contributed by atoms with Crippen molar-refractivity contribution in [1.29, 1.82) is 0 Å². The molecule has 2 amide bonds. The lowest BCUT2D eigenvalue weighted by Crippen LogP contribution is -2.20. The molecule has 2 atom stereocenters. The van der Waals surface area contributed by atoms with Crippen LogP contribution in [0.4, 0.5) is 11.4 Å². The lowest BCUT2D eigenvalue weighted by molar-refractivity contribution is -0.122. The number of benzene rings is 2. The summed E-state index contributed by atoms with van der Waals surface area (Å²) in [5, 5.41) is 5.67. The zero-order valence-corrected chi connectivity index (χ0v) is 16.9. The van der Waals surface area contributed by atoms with Gasteiger partial charge in [0.2, 0.25) is 11.8 Å². The van der Waals surface area contributed by atoms with Crippen molar-refractivity contribution < 1.29 is 9.59 Å². The second kappa shape index (κ2) is 7.22. The van der Waals surface area contributed by atoms with Gasteiger partial charge in [-0.15, -0.1) is 0 Å². The maximum absolute atomic E-state index is 12.3. The number of hydrogen-bond donors (Lipinski definition) is 2. The number of halogens is 2. The molecule has 0 radical (unpaired) electrons. The van der Waals surface area contributed by atoms with Crippen molar-refractivity contribution in [1.82, 2.24) is 0 Å². The van der Waals surface area contributed by atoms with Gasteiger partial charge in [0.05, 0.1) is 11.8 Å². The fourth-order valence-corrected chi connectivity index (χ4v) is 3.18. The predicted molar refractivity (Wildman–Crippen MR) is 112 cm³/mol. The van der Waals surface area contributed by atoms with E-state index in [1.165, 1.54) is 0 Å². The van der Waals surface area contributed by atoms with Gasteiger partial charge in [-0.25, -0.2) is 0 Å². The maximum Gasteiger partial charge on any atom is 0.232 e. The summed E-state index contributed by atoms with van der Waals surface area (Å²) in [6.07, 6.45) is 0. The van der Waals surface area contributed by atoms with Crippen LogP contribution in [0.5, 0.6) is 0 Å². The molecule has 0 heterocycles. The van der Waals surface area contributed by atoms with Gasteiger partial charge < -0.3 is 10.6 Å². The van der Waals surface area contributed by atoms with Crippen molar-refractivity contribution >= 4 is 68.4 Å². The van der Waals surface area contributed by atoms with Gasteiger partial charge in [0.1, 0.15) is 0 Å². The molecule has 1 saturated carbocycles. The van der Waals surface area contributed by atoms with Crippen LogP contribution in [0.3, 0.4) is 0 Å². The van der Waals surface area contributed by atoms with Crippen LogP contribution in [-0.4, -0.2) is 11.8 Å². The second-order valence-electron chi connectivity index (χ2n) is 5.52. The minimum atomic E-state index is -0.465. The Hall–Kier alpha value is -1.42. The Labute approximate surface area is 167 Å². The summed E-state index contributed by atoms with van der Waals surface area (Å²) in [4.78, 5) is 24.7. The number of nitrogens with one attached hydrogen (secondary N) is 2. The van der Waals surface area contributed by atoms with E-state index in [0.29, 0.717) is 5.57 Å². The molecular weight excluding hydrogens is 530 g/mol. The summed E-state index contributed by atoms with van der Waals surface area (Å²) in [5.74, 6) is -1.31. The first-order chi connectivity index (χ1) is 11.5. The fraction of sp³-hybridized carbons (Fsp3) is 0.111. The van der Waals surface area contributed by atoms with Gasteiger partial charge in [-0.1, -0.05) is 12.2 Å². The molecule has 1 fully saturated rings. The Morgan fingerprint density at radius 1 is 0.750 bits per heavy atom. The normalized spacial score (nSPS) is 18.8. The van der Waals surface area contributed by atoms with Crippen molar-refractivity contribution in [3.05, 3.63) is 67.8 Å². The molecule has 1 aliphatic rings. The first-order valence-corrected chi connectivity index (χ1v) is 9.43. The number of anilines is 2. The Morgan fingerprint density at radius 3 is 1.42 bits per heavy atom. The third-order valence-electron chi connectivity index (χ3n) is 3.81. The van der Waals surface area contributed by atoms with Gasteiger partial charge in [0, 0.05) is 18.5 Å². The zero-order chi connectivity index (χ0) is 17.3. The Bertz CT molecular complexity index is 733. The van der Waals surface area contributed by atoms with E-state index in [1.807, 2.05) is 48.5 Å². The highest BCUT2D eigenvalue weighted by molar-refractivity contribution is 14.1. The molecule has 1 aliphatic carbocycles. The molecular formula is C18H14I2N2O2. The van der Waals surface area contributed by atoms with Crippen LogP contribution in [0.25, 0.3) is 0 Å². The Morgan fingerprint density at radius 2 is 1.08 bits per heavy atom. The number of carbonyl (C=O) groups excluding carboxylic acids is 2. The Balaban J connectivity index is 1.61.